The van der Waals surface area contributed by atoms with Crippen molar-refractivity contribution in [2.45, 2.75) is 62.1 Å². The Kier molecular flexibility index (Phi) is 7.27. The molecule has 3 amide bonds. The number of amides is 3. The molecular weight excluding hydrogens is 610 g/mol. The first-order valence-electron chi connectivity index (χ1n) is 14.8. The average molecular weight is 643 g/mol. The SMILES string of the molecule is O=C(N[C@H]1C[C@H]2C[C@H]2C[C@H]2CC[C@@H](C(=O)N3CC(c4c[nH]ccc4=O)C3)N2C1=O)c1cc2cc(C(F)P(=O)(O)O)ccc2s1. The van der Waals surface area contributed by atoms with Crippen molar-refractivity contribution in [2.75, 3.05) is 13.1 Å². The number of thiophene rings is 1. The van der Waals surface area contributed by atoms with Gasteiger partial charge in [-0.25, -0.2) is 4.39 Å². The van der Waals surface area contributed by atoms with Crippen molar-refractivity contribution in [2.24, 2.45) is 11.8 Å². The van der Waals surface area contributed by atoms with E-state index in [-0.39, 0.29) is 34.8 Å². The van der Waals surface area contributed by atoms with Gasteiger partial charge in [-0.15, -0.1) is 11.3 Å². The summed E-state index contributed by atoms with van der Waals surface area (Å²) in [5, 5.41) is 3.38. The molecule has 0 bridgehead atoms. The lowest BCUT2D eigenvalue weighted by Crippen LogP contribution is -2.60. The molecule has 11 nitrogen and oxygen atoms in total. The zero-order chi connectivity index (χ0) is 30.9. The number of nitrogens with zero attached hydrogens (tertiary/aromatic N) is 2. The van der Waals surface area contributed by atoms with E-state index in [1.54, 1.807) is 22.2 Å². The summed E-state index contributed by atoms with van der Waals surface area (Å²) in [6, 6.07) is 5.66. The smallest absolute Gasteiger partial charge is 0.363 e. The molecular formula is C30H32FN4O7PS. The Morgan fingerprint density at radius 2 is 1.84 bits per heavy atom. The molecule has 1 aliphatic carbocycles. The van der Waals surface area contributed by atoms with Crippen LogP contribution >= 0.6 is 18.9 Å². The Hall–Kier alpha value is -3.38. The molecule has 2 aromatic heterocycles. The zero-order valence-corrected chi connectivity index (χ0v) is 25.3. The van der Waals surface area contributed by atoms with Gasteiger partial charge in [0.2, 0.25) is 17.7 Å². The van der Waals surface area contributed by atoms with Gasteiger partial charge in [-0.1, -0.05) is 6.07 Å². The highest BCUT2D eigenvalue weighted by Crippen LogP contribution is 2.53. The van der Waals surface area contributed by atoms with E-state index in [1.165, 1.54) is 30.3 Å². The predicted octanol–water partition coefficient (Wildman–Crippen LogP) is 3.25. The molecule has 232 valence electrons. The average Bonchev–Trinajstić information content (AvgIpc) is 3.33. The second-order valence-corrected chi connectivity index (χ2v) is 15.2. The number of benzene rings is 1. The van der Waals surface area contributed by atoms with Crippen LogP contribution in [0.5, 0.6) is 0 Å². The molecule has 14 heteroatoms. The number of halogens is 1. The maximum absolute atomic E-state index is 14.3. The molecule has 1 unspecified atom stereocenters. The molecule has 6 atom stereocenters. The van der Waals surface area contributed by atoms with E-state index in [9.17, 15) is 37.9 Å². The number of carbonyl (C=O) groups is 3. The summed E-state index contributed by atoms with van der Waals surface area (Å²) in [5.74, 6) is -2.57. The van der Waals surface area contributed by atoms with Crippen LogP contribution in [0.2, 0.25) is 0 Å². The van der Waals surface area contributed by atoms with Crippen molar-refractivity contribution in [3.05, 3.63) is 69.0 Å². The van der Waals surface area contributed by atoms with Crippen molar-refractivity contribution in [1.29, 1.82) is 0 Å². The normalized spacial score (nSPS) is 27.6. The molecule has 7 rings (SSSR count). The van der Waals surface area contributed by atoms with Crippen LogP contribution in [0.1, 0.15) is 64.7 Å². The fourth-order valence-electron chi connectivity index (χ4n) is 7.19. The van der Waals surface area contributed by atoms with Gasteiger partial charge in [-0.3, -0.25) is 23.7 Å². The van der Waals surface area contributed by atoms with Gasteiger partial charge in [-0.2, -0.15) is 0 Å². The minimum atomic E-state index is -4.98. The quantitative estimate of drug-likeness (QED) is 0.301. The van der Waals surface area contributed by atoms with Crippen molar-refractivity contribution in [3.8, 4) is 0 Å². The van der Waals surface area contributed by atoms with Crippen LogP contribution in [0.3, 0.4) is 0 Å². The Morgan fingerprint density at radius 1 is 1.07 bits per heavy atom. The summed E-state index contributed by atoms with van der Waals surface area (Å²) in [5.41, 5.74) is 0.407. The van der Waals surface area contributed by atoms with E-state index in [1.807, 2.05) is 0 Å². The van der Waals surface area contributed by atoms with Gasteiger partial charge in [0.05, 0.1) is 4.88 Å². The highest BCUT2D eigenvalue weighted by atomic mass is 32.1. The van der Waals surface area contributed by atoms with Crippen LogP contribution in [-0.4, -0.2) is 73.5 Å². The lowest BCUT2D eigenvalue weighted by atomic mass is 9.91. The van der Waals surface area contributed by atoms with E-state index in [0.717, 1.165) is 30.6 Å². The molecule has 4 N–H and O–H groups in total. The minimum absolute atomic E-state index is 0.0478. The van der Waals surface area contributed by atoms with Crippen molar-refractivity contribution >= 4 is 46.7 Å². The largest absolute Gasteiger partial charge is 0.367 e. The number of aromatic amines is 1. The maximum atomic E-state index is 14.3. The number of rotatable bonds is 6. The molecule has 3 aromatic rings. The summed E-state index contributed by atoms with van der Waals surface area (Å²) in [7, 11) is -4.98. The second-order valence-electron chi connectivity index (χ2n) is 12.5. The highest BCUT2D eigenvalue weighted by molar-refractivity contribution is 7.51. The fourth-order valence-corrected chi connectivity index (χ4v) is 8.69. The van der Waals surface area contributed by atoms with Gasteiger partial charge in [0, 0.05) is 53.8 Å². The Balaban J connectivity index is 1.07. The monoisotopic (exact) mass is 642 g/mol. The number of nitrogens with one attached hydrogen (secondary N) is 2. The van der Waals surface area contributed by atoms with Gasteiger partial charge in [0.1, 0.15) is 12.1 Å². The number of hydrogen-bond donors (Lipinski definition) is 4. The standard InChI is InChI=1S/C30H32FN4O7PS/c31-27(43(40,41)42)15-1-4-25-18(7-15)11-26(44-25)28(37)33-22-10-17-8-16(17)9-20-2-3-23(35(20)29(22)38)30(39)34-13-19(14-34)21-12-32-6-5-24(21)36/h1,4-7,11-12,16-17,19-20,22-23,27H,2-3,8-10,13-14H2,(H,32,36)(H,33,37)(H2,40,41,42)/t16-,17+,20+,22-,23-,27?/m0/s1. The number of alkyl halides is 1. The molecule has 0 radical (unpaired) electrons. The number of likely N-dealkylation sites (tertiary alicyclic amines) is 1. The summed E-state index contributed by atoms with van der Waals surface area (Å²) in [4.78, 5) is 78.4. The summed E-state index contributed by atoms with van der Waals surface area (Å²) < 4.78 is 26.3. The van der Waals surface area contributed by atoms with E-state index in [0.29, 0.717) is 58.3 Å². The number of pyridine rings is 1. The van der Waals surface area contributed by atoms with Gasteiger partial charge >= 0.3 is 7.60 Å². The number of fused-ring (bicyclic) bond motifs is 3. The highest BCUT2D eigenvalue weighted by Gasteiger charge is 2.52. The third-order valence-corrected chi connectivity index (χ3v) is 11.7. The fraction of sp³-hybridized carbons (Fsp3) is 0.467. The lowest BCUT2D eigenvalue weighted by molar-refractivity contribution is -0.149. The van der Waals surface area contributed by atoms with Crippen LogP contribution in [0.4, 0.5) is 4.39 Å². The first-order chi connectivity index (χ1) is 21.0. The van der Waals surface area contributed by atoms with Crippen LogP contribution in [-0.2, 0) is 14.2 Å². The van der Waals surface area contributed by atoms with Crippen LogP contribution in [0, 0.1) is 11.8 Å². The van der Waals surface area contributed by atoms with Crippen molar-refractivity contribution in [1.82, 2.24) is 20.1 Å². The summed E-state index contributed by atoms with van der Waals surface area (Å²) in [6.45, 7) is 0.843. The minimum Gasteiger partial charge on any atom is -0.367 e. The van der Waals surface area contributed by atoms with Crippen LogP contribution in [0.15, 0.2) is 47.5 Å². The molecule has 1 saturated carbocycles. The number of aromatic nitrogens is 1. The van der Waals surface area contributed by atoms with Gasteiger partial charge in [0.25, 0.3) is 5.91 Å². The third-order valence-electron chi connectivity index (χ3n) is 9.65. The van der Waals surface area contributed by atoms with Gasteiger partial charge in [0.15, 0.2) is 5.43 Å². The number of hydrogen-bond acceptors (Lipinski definition) is 6. The summed E-state index contributed by atoms with van der Waals surface area (Å²) in [6.07, 6.45) is 6.86. The van der Waals surface area contributed by atoms with E-state index >= 15 is 0 Å². The van der Waals surface area contributed by atoms with E-state index in [4.69, 9.17) is 0 Å². The lowest BCUT2D eigenvalue weighted by Gasteiger charge is -2.43. The maximum Gasteiger partial charge on any atom is 0.363 e. The van der Waals surface area contributed by atoms with E-state index in [2.05, 4.69) is 10.3 Å². The Bertz CT molecular complexity index is 1770. The first-order valence-corrected chi connectivity index (χ1v) is 17.3. The molecule has 4 aliphatic rings. The molecule has 1 aromatic carbocycles. The Morgan fingerprint density at radius 3 is 2.59 bits per heavy atom. The predicted molar refractivity (Wildman–Crippen MR) is 160 cm³/mol. The van der Waals surface area contributed by atoms with Crippen molar-refractivity contribution < 1.29 is 33.1 Å². The molecule has 3 aliphatic heterocycles. The molecule has 3 saturated heterocycles. The third kappa shape index (κ3) is 5.29. The summed E-state index contributed by atoms with van der Waals surface area (Å²) >= 11 is 1.14. The Labute approximate surface area is 255 Å². The molecule has 44 heavy (non-hydrogen) atoms. The zero-order valence-electron chi connectivity index (χ0n) is 23.6. The van der Waals surface area contributed by atoms with Gasteiger partial charge < -0.3 is 29.9 Å². The van der Waals surface area contributed by atoms with Gasteiger partial charge in [-0.05, 0) is 73.1 Å². The molecule has 5 heterocycles. The molecule has 0 spiro atoms. The van der Waals surface area contributed by atoms with Crippen molar-refractivity contribution in [3.63, 3.8) is 0 Å². The second kappa shape index (κ2) is 10.9. The van der Waals surface area contributed by atoms with E-state index < -0.39 is 31.5 Å². The first kappa shape index (κ1) is 29.3. The topological polar surface area (TPSA) is 160 Å². The molecule has 4 fully saturated rings. The van der Waals surface area contributed by atoms with Crippen LogP contribution < -0.4 is 10.7 Å². The number of H-pyrrole nitrogens is 1. The number of carbonyl (C=O) groups excluding carboxylic acids is 3. The van der Waals surface area contributed by atoms with Crippen LogP contribution in [0.25, 0.3) is 10.1 Å².